The molecule has 8 heteroatoms. The highest BCUT2D eigenvalue weighted by Gasteiger charge is 2.34. The highest BCUT2D eigenvalue weighted by Crippen LogP contribution is 2.31. The van der Waals surface area contributed by atoms with E-state index < -0.39 is 6.04 Å². The number of carbonyl (C=O) groups is 3. The first-order valence-corrected chi connectivity index (χ1v) is 13.0. The van der Waals surface area contributed by atoms with E-state index in [1.165, 1.54) is 16.2 Å². The fourth-order valence-electron chi connectivity index (χ4n) is 4.40. The Labute approximate surface area is 215 Å². The molecular weight excluding hydrogens is 474 g/mol. The maximum Gasteiger partial charge on any atom is 0.261 e. The molecule has 0 saturated carbocycles. The molecule has 1 aromatic heterocycles. The third-order valence-corrected chi connectivity index (χ3v) is 7.04. The fraction of sp³-hybridized carbons (Fsp3) is 0.321. The zero-order chi connectivity index (χ0) is 25.5. The van der Waals surface area contributed by atoms with Crippen molar-refractivity contribution < 1.29 is 19.1 Å². The molecule has 36 heavy (non-hydrogen) atoms. The Morgan fingerprint density at radius 2 is 1.86 bits per heavy atom. The molecule has 1 aliphatic rings. The minimum atomic E-state index is -0.917. The summed E-state index contributed by atoms with van der Waals surface area (Å²) in [5.41, 5.74) is 3.21. The Balaban J connectivity index is 1.66. The zero-order valence-electron chi connectivity index (χ0n) is 20.5. The summed E-state index contributed by atoms with van der Waals surface area (Å²) in [6, 6.07) is 17.6. The molecule has 0 unspecified atom stereocenters. The van der Waals surface area contributed by atoms with Crippen molar-refractivity contribution in [1.82, 2.24) is 10.6 Å². The largest absolute Gasteiger partial charge is 0.376 e. The van der Waals surface area contributed by atoms with Crippen LogP contribution in [0.15, 0.2) is 66.0 Å². The van der Waals surface area contributed by atoms with E-state index in [2.05, 4.69) is 10.6 Å². The lowest BCUT2D eigenvalue weighted by Gasteiger charge is -2.33. The van der Waals surface area contributed by atoms with Gasteiger partial charge in [-0.25, -0.2) is 0 Å². The molecule has 0 radical (unpaired) electrons. The number of nitrogens with zero attached hydrogens (tertiary/aromatic N) is 1. The van der Waals surface area contributed by atoms with E-state index in [4.69, 9.17) is 4.74 Å². The molecule has 188 valence electrons. The fourth-order valence-corrected chi connectivity index (χ4v) is 5.04. The monoisotopic (exact) mass is 505 g/mol. The van der Waals surface area contributed by atoms with Gasteiger partial charge in [0, 0.05) is 18.8 Å². The van der Waals surface area contributed by atoms with E-state index in [0.717, 1.165) is 24.0 Å². The van der Waals surface area contributed by atoms with Crippen molar-refractivity contribution in [3.8, 4) is 0 Å². The molecule has 1 aliphatic heterocycles. The summed E-state index contributed by atoms with van der Waals surface area (Å²) in [5.74, 6) is -0.999. The quantitative estimate of drug-likeness (QED) is 0.457. The van der Waals surface area contributed by atoms with Gasteiger partial charge < -0.3 is 15.4 Å². The SMILES string of the molecule is Cc1ccc(N(C(=O)CNC(=O)c2cccs2)[C@H](C(=O)NC[C@H]2CCCO2)c2ccccc2)c(C)c1. The molecule has 2 atom stereocenters. The molecule has 1 fully saturated rings. The third-order valence-electron chi connectivity index (χ3n) is 6.18. The lowest BCUT2D eigenvalue weighted by atomic mass is 10.0. The van der Waals surface area contributed by atoms with Gasteiger partial charge in [-0.15, -0.1) is 11.3 Å². The Morgan fingerprint density at radius 3 is 2.53 bits per heavy atom. The predicted octanol–water partition coefficient (Wildman–Crippen LogP) is 4.16. The highest BCUT2D eigenvalue weighted by molar-refractivity contribution is 7.12. The van der Waals surface area contributed by atoms with Crippen LogP contribution in [0, 0.1) is 13.8 Å². The zero-order valence-corrected chi connectivity index (χ0v) is 21.3. The maximum absolute atomic E-state index is 13.7. The first kappa shape index (κ1) is 25.6. The Hall–Kier alpha value is -3.49. The van der Waals surface area contributed by atoms with Gasteiger partial charge in [-0.2, -0.15) is 0 Å². The molecule has 1 saturated heterocycles. The number of anilines is 1. The van der Waals surface area contributed by atoms with Gasteiger partial charge in [-0.1, -0.05) is 54.1 Å². The van der Waals surface area contributed by atoms with Gasteiger partial charge in [0.25, 0.3) is 5.91 Å². The van der Waals surface area contributed by atoms with Gasteiger partial charge in [0.05, 0.1) is 17.5 Å². The number of hydrogen-bond donors (Lipinski definition) is 2. The van der Waals surface area contributed by atoms with Crippen molar-refractivity contribution >= 4 is 34.7 Å². The lowest BCUT2D eigenvalue weighted by Crippen LogP contribution is -2.48. The molecular formula is C28H31N3O4S. The normalized spacial score (nSPS) is 15.8. The number of benzene rings is 2. The van der Waals surface area contributed by atoms with Crippen molar-refractivity contribution in [2.75, 3.05) is 24.6 Å². The molecule has 3 amide bonds. The number of hydrogen-bond acceptors (Lipinski definition) is 5. The van der Waals surface area contributed by atoms with E-state index in [1.54, 1.807) is 12.1 Å². The van der Waals surface area contributed by atoms with Gasteiger partial charge in [0.1, 0.15) is 6.04 Å². The Bertz CT molecular complexity index is 1190. The number of thiophene rings is 1. The number of rotatable bonds is 9. The van der Waals surface area contributed by atoms with E-state index in [-0.39, 0.29) is 30.4 Å². The molecule has 2 aromatic carbocycles. The number of amides is 3. The summed E-state index contributed by atoms with van der Waals surface area (Å²) in [6.45, 7) is 4.73. The Kier molecular flexibility index (Phi) is 8.51. The minimum absolute atomic E-state index is 0.0271. The van der Waals surface area contributed by atoms with Gasteiger partial charge in [-0.3, -0.25) is 19.3 Å². The number of aryl methyl sites for hydroxylation is 2. The molecule has 2 N–H and O–H groups in total. The van der Waals surface area contributed by atoms with Gasteiger partial charge in [-0.05, 0) is 55.3 Å². The molecule has 7 nitrogen and oxygen atoms in total. The molecule has 2 heterocycles. The molecule has 0 bridgehead atoms. The van der Waals surface area contributed by atoms with E-state index in [9.17, 15) is 14.4 Å². The van der Waals surface area contributed by atoms with Crippen LogP contribution in [0.25, 0.3) is 0 Å². The van der Waals surface area contributed by atoms with E-state index in [1.807, 2.05) is 67.8 Å². The van der Waals surface area contributed by atoms with Crippen molar-refractivity contribution in [2.24, 2.45) is 0 Å². The van der Waals surface area contributed by atoms with Crippen molar-refractivity contribution in [3.05, 3.63) is 87.6 Å². The average Bonchev–Trinajstić information content (AvgIpc) is 3.60. The third kappa shape index (κ3) is 6.19. The summed E-state index contributed by atoms with van der Waals surface area (Å²) < 4.78 is 5.67. The molecule has 4 rings (SSSR count). The summed E-state index contributed by atoms with van der Waals surface area (Å²) in [5, 5.41) is 7.53. The molecule has 3 aromatic rings. The van der Waals surface area contributed by atoms with E-state index >= 15 is 0 Å². The summed E-state index contributed by atoms with van der Waals surface area (Å²) in [7, 11) is 0. The second-order valence-electron chi connectivity index (χ2n) is 8.91. The van der Waals surface area contributed by atoms with Crippen LogP contribution in [-0.4, -0.2) is 43.5 Å². The second kappa shape index (κ2) is 12.0. The smallest absolute Gasteiger partial charge is 0.261 e. The van der Waals surface area contributed by atoms with Crippen LogP contribution in [0.1, 0.15) is 45.2 Å². The van der Waals surface area contributed by atoms with Crippen LogP contribution < -0.4 is 15.5 Å². The summed E-state index contributed by atoms with van der Waals surface area (Å²) in [6.07, 6.45) is 1.84. The first-order chi connectivity index (χ1) is 17.4. The molecule has 0 spiro atoms. The standard InChI is InChI=1S/C28H31N3O4S/c1-19-12-13-23(20(2)16-19)31(25(32)18-30-27(33)24-11-7-15-36-24)26(21-8-4-3-5-9-21)28(34)29-17-22-10-6-14-35-22/h3-5,7-9,11-13,15-16,22,26H,6,10,14,17-18H2,1-2H3,(H,29,34)(H,30,33)/t22-,26+/m1/s1. The Morgan fingerprint density at radius 1 is 1.06 bits per heavy atom. The highest BCUT2D eigenvalue weighted by atomic mass is 32.1. The van der Waals surface area contributed by atoms with Crippen LogP contribution in [-0.2, 0) is 14.3 Å². The molecule has 0 aliphatic carbocycles. The van der Waals surface area contributed by atoms with Crippen LogP contribution in [0.3, 0.4) is 0 Å². The first-order valence-electron chi connectivity index (χ1n) is 12.1. The average molecular weight is 506 g/mol. The minimum Gasteiger partial charge on any atom is -0.376 e. The van der Waals surface area contributed by atoms with Crippen LogP contribution in [0.2, 0.25) is 0 Å². The van der Waals surface area contributed by atoms with E-state index in [0.29, 0.717) is 29.3 Å². The lowest BCUT2D eigenvalue weighted by molar-refractivity contribution is -0.126. The van der Waals surface area contributed by atoms with Gasteiger partial charge in [0.2, 0.25) is 11.8 Å². The van der Waals surface area contributed by atoms with Crippen LogP contribution in [0.5, 0.6) is 0 Å². The van der Waals surface area contributed by atoms with Gasteiger partial charge >= 0.3 is 0 Å². The topological polar surface area (TPSA) is 87.7 Å². The maximum atomic E-state index is 13.7. The van der Waals surface area contributed by atoms with Gasteiger partial charge in [0.15, 0.2) is 0 Å². The van der Waals surface area contributed by atoms with Crippen LogP contribution >= 0.6 is 11.3 Å². The second-order valence-corrected chi connectivity index (χ2v) is 9.85. The summed E-state index contributed by atoms with van der Waals surface area (Å²) in [4.78, 5) is 42.0. The number of ether oxygens (including phenoxy) is 1. The summed E-state index contributed by atoms with van der Waals surface area (Å²) >= 11 is 1.31. The van der Waals surface area contributed by atoms with Crippen LogP contribution in [0.4, 0.5) is 5.69 Å². The predicted molar refractivity (Wildman–Crippen MR) is 141 cm³/mol. The van der Waals surface area contributed by atoms with Crippen molar-refractivity contribution in [1.29, 1.82) is 0 Å². The van der Waals surface area contributed by atoms with Crippen molar-refractivity contribution in [3.63, 3.8) is 0 Å². The van der Waals surface area contributed by atoms with Crippen molar-refractivity contribution in [2.45, 2.75) is 38.8 Å². The number of carbonyl (C=O) groups excluding carboxylic acids is 3. The number of nitrogens with one attached hydrogen (secondary N) is 2.